The second-order valence-electron chi connectivity index (χ2n) is 2.14. The normalized spacial score (nSPS) is 9.30. The molecule has 0 unspecified atom stereocenters. The molecule has 3 heteroatoms. The van der Waals surface area contributed by atoms with Crippen molar-refractivity contribution in [2.45, 2.75) is 0 Å². The Kier molecular flexibility index (Phi) is 2.12. The maximum Gasteiger partial charge on any atom is 0.151 e. The van der Waals surface area contributed by atoms with Gasteiger partial charge in [0.25, 0.3) is 0 Å². The van der Waals surface area contributed by atoms with Gasteiger partial charge in [-0.05, 0) is 6.07 Å². The third kappa shape index (κ3) is 1.39. The Morgan fingerprint density at radius 1 is 1.50 bits per heavy atom. The van der Waals surface area contributed by atoms with Gasteiger partial charge in [-0.3, -0.25) is 4.79 Å². The van der Waals surface area contributed by atoms with Gasteiger partial charge in [-0.15, -0.1) is 0 Å². The molecule has 0 atom stereocenters. The summed E-state index contributed by atoms with van der Waals surface area (Å²) in [5.74, 6) is 0. The fourth-order valence-electron chi connectivity index (χ4n) is 0.728. The summed E-state index contributed by atoms with van der Waals surface area (Å²) in [6.45, 7) is 0. The van der Waals surface area contributed by atoms with Gasteiger partial charge < -0.3 is 0 Å². The zero-order valence-electron chi connectivity index (χ0n) is 5.60. The first-order chi connectivity index (χ1) is 4.74. The molecule has 0 heterocycles. The van der Waals surface area contributed by atoms with Crippen LogP contribution in [0.3, 0.4) is 0 Å². The Balaban J connectivity index is 3.19. The van der Waals surface area contributed by atoms with Crippen LogP contribution < -0.4 is 5.46 Å². The summed E-state index contributed by atoms with van der Waals surface area (Å²) < 4.78 is 0. The highest BCUT2D eigenvalue weighted by molar-refractivity contribution is 6.37. The molecule has 1 nitrogen and oxygen atoms in total. The average molecular weight is 152 g/mol. The van der Waals surface area contributed by atoms with Crippen LogP contribution in [0.25, 0.3) is 0 Å². The quantitative estimate of drug-likeness (QED) is 0.421. The van der Waals surface area contributed by atoms with Gasteiger partial charge in [0.2, 0.25) is 0 Å². The van der Waals surface area contributed by atoms with Crippen LogP contribution in [-0.2, 0) is 0 Å². The van der Waals surface area contributed by atoms with Crippen molar-refractivity contribution < 1.29 is 4.79 Å². The molecule has 10 heavy (non-hydrogen) atoms. The van der Waals surface area contributed by atoms with Crippen LogP contribution in [0.15, 0.2) is 18.2 Å². The predicted molar refractivity (Wildman–Crippen MR) is 45.0 cm³/mol. The Morgan fingerprint density at radius 2 is 2.20 bits per heavy atom. The standard InChI is InChI=1S/C7H6BClO/c8-6-2-1-5(4-10)7(9)3-6/h1-4H,8H2. The van der Waals surface area contributed by atoms with E-state index in [2.05, 4.69) is 0 Å². The molecule has 0 radical (unpaired) electrons. The van der Waals surface area contributed by atoms with Gasteiger partial charge in [-0.2, -0.15) is 0 Å². The van der Waals surface area contributed by atoms with Crippen LogP contribution >= 0.6 is 11.6 Å². The van der Waals surface area contributed by atoms with E-state index in [1.165, 1.54) is 0 Å². The molecule has 50 valence electrons. The predicted octanol–water partition coefficient (Wildman–Crippen LogP) is 0.411. The van der Waals surface area contributed by atoms with Gasteiger partial charge in [0, 0.05) is 5.56 Å². The van der Waals surface area contributed by atoms with Crippen molar-refractivity contribution in [2.24, 2.45) is 0 Å². The third-order valence-corrected chi connectivity index (χ3v) is 1.61. The molecule has 1 rings (SSSR count). The second-order valence-corrected chi connectivity index (χ2v) is 2.55. The van der Waals surface area contributed by atoms with Gasteiger partial charge in [0.15, 0.2) is 6.29 Å². The monoisotopic (exact) mass is 152 g/mol. The van der Waals surface area contributed by atoms with Crippen LogP contribution in [0.4, 0.5) is 0 Å². The number of benzene rings is 1. The lowest BCUT2D eigenvalue weighted by atomic mass is 9.95. The summed E-state index contributed by atoms with van der Waals surface area (Å²) in [6, 6.07) is 5.34. The zero-order chi connectivity index (χ0) is 7.56. The van der Waals surface area contributed by atoms with Crippen molar-refractivity contribution in [3.63, 3.8) is 0 Å². The summed E-state index contributed by atoms with van der Waals surface area (Å²) in [5.41, 5.74) is 1.61. The fourth-order valence-corrected chi connectivity index (χ4v) is 1.01. The van der Waals surface area contributed by atoms with Gasteiger partial charge in [0.1, 0.15) is 7.85 Å². The molecular formula is C7H6BClO. The van der Waals surface area contributed by atoms with Gasteiger partial charge in [-0.1, -0.05) is 29.2 Å². The van der Waals surface area contributed by atoms with Gasteiger partial charge in [-0.25, -0.2) is 0 Å². The van der Waals surface area contributed by atoms with Crippen molar-refractivity contribution in [1.29, 1.82) is 0 Å². The van der Waals surface area contributed by atoms with Crippen LogP contribution in [0.2, 0.25) is 5.02 Å². The number of halogens is 1. The highest BCUT2D eigenvalue weighted by atomic mass is 35.5. The molecule has 0 N–H and O–H groups in total. The highest BCUT2D eigenvalue weighted by Gasteiger charge is 1.96. The van der Waals surface area contributed by atoms with Gasteiger partial charge >= 0.3 is 0 Å². The van der Waals surface area contributed by atoms with Crippen LogP contribution in [0.1, 0.15) is 10.4 Å². The summed E-state index contributed by atoms with van der Waals surface area (Å²) >= 11 is 5.70. The Hall–Kier alpha value is -0.755. The number of rotatable bonds is 1. The van der Waals surface area contributed by atoms with Crippen molar-refractivity contribution in [2.75, 3.05) is 0 Å². The molecule has 0 amide bonds. The lowest BCUT2D eigenvalue weighted by molar-refractivity contribution is 0.112. The molecule has 0 aliphatic rings. The molecule has 0 fully saturated rings. The van der Waals surface area contributed by atoms with E-state index in [9.17, 15) is 4.79 Å². The highest BCUT2D eigenvalue weighted by Crippen LogP contribution is 2.10. The minimum Gasteiger partial charge on any atom is -0.298 e. The second kappa shape index (κ2) is 2.89. The Bertz CT molecular complexity index is 260. The maximum atomic E-state index is 10.3. The number of aldehydes is 1. The van der Waals surface area contributed by atoms with E-state index in [1.807, 2.05) is 13.9 Å². The van der Waals surface area contributed by atoms with Crippen LogP contribution in [0.5, 0.6) is 0 Å². The maximum absolute atomic E-state index is 10.3. The minimum atomic E-state index is 0.523. The van der Waals surface area contributed by atoms with Crippen molar-refractivity contribution in [1.82, 2.24) is 0 Å². The smallest absolute Gasteiger partial charge is 0.151 e. The summed E-state index contributed by atoms with van der Waals surface area (Å²) in [7, 11) is 1.93. The van der Waals surface area contributed by atoms with Crippen molar-refractivity contribution in [3.8, 4) is 0 Å². The third-order valence-electron chi connectivity index (χ3n) is 1.28. The van der Waals surface area contributed by atoms with Gasteiger partial charge in [0.05, 0.1) is 5.02 Å². The molecule has 1 aromatic carbocycles. The van der Waals surface area contributed by atoms with E-state index in [0.717, 1.165) is 11.7 Å². The molecular weight excluding hydrogens is 146 g/mol. The molecule has 0 aliphatic heterocycles. The Morgan fingerprint density at radius 3 is 2.70 bits per heavy atom. The van der Waals surface area contributed by atoms with Crippen molar-refractivity contribution >= 4 is 31.2 Å². The summed E-state index contributed by atoms with van der Waals surface area (Å²) in [4.78, 5) is 10.3. The zero-order valence-corrected chi connectivity index (χ0v) is 6.35. The van der Waals surface area contributed by atoms with E-state index in [1.54, 1.807) is 12.1 Å². The number of carbonyl (C=O) groups is 1. The van der Waals surface area contributed by atoms with E-state index in [0.29, 0.717) is 10.6 Å². The van der Waals surface area contributed by atoms with E-state index in [-0.39, 0.29) is 0 Å². The molecule has 0 aliphatic carbocycles. The number of hydrogen-bond donors (Lipinski definition) is 0. The summed E-state index contributed by atoms with van der Waals surface area (Å²) in [6.07, 6.45) is 0.752. The Labute approximate surface area is 65.4 Å². The van der Waals surface area contributed by atoms with Crippen LogP contribution in [0, 0.1) is 0 Å². The van der Waals surface area contributed by atoms with E-state index < -0.39 is 0 Å². The lowest BCUT2D eigenvalue weighted by Crippen LogP contribution is -2.01. The SMILES string of the molecule is Bc1ccc(C=O)c(Cl)c1. The summed E-state index contributed by atoms with van der Waals surface area (Å²) in [5, 5.41) is 0.523. The van der Waals surface area contributed by atoms with Crippen LogP contribution in [-0.4, -0.2) is 14.1 Å². The average Bonchev–Trinajstić information content (AvgIpc) is 1.88. The molecule has 0 saturated heterocycles. The van der Waals surface area contributed by atoms with Crippen molar-refractivity contribution in [3.05, 3.63) is 28.8 Å². The largest absolute Gasteiger partial charge is 0.298 e. The van der Waals surface area contributed by atoms with E-state index in [4.69, 9.17) is 11.6 Å². The molecule has 0 aromatic heterocycles. The first-order valence-electron chi connectivity index (χ1n) is 2.95. The first-order valence-corrected chi connectivity index (χ1v) is 3.33. The first kappa shape index (κ1) is 7.35. The number of carbonyl (C=O) groups excluding carboxylic acids is 1. The topological polar surface area (TPSA) is 17.1 Å². The lowest BCUT2D eigenvalue weighted by Gasteiger charge is -1.95. The number of hydrogen-bond acceptors (Lipinski definition) is 1. The molecule has 1 aromatic rings. The molecule has 0 bridgehead atoms. The fraction of sp³-hybridized carbons (Fsp3) is 0. The minimum absolute atomic E-state index is 0.523. The molecule has 0 saturated carbocycles. The molecule has 0 spiro atoms. The van der Waals surface area contributed by atoms with E-state index >= 15 is 0 Å².